The summed E-state index contributed by atoms with van der Waals surface area (Å²) < 4.78 is 7.53. The summed E-state index contributed by atoms with van der Waals surface area (Å²) in [6, 6.07) is 16.3. The van der Waals surface area contributed by atoms with Gasteiger partial charge in [-0.05, 0) is 17.7 Å². The molecule has 0 spiro atoms. The molecule has 1 heterocycles. The van der Waals surface area contributed by atoms with Gasteiger partial charge in [-0.1, -0.05) is 42.5 Å². The van der Waals surface area contributed by atoms with E-state index < -0.39 is 11.1 Å². The molecule has 0 atom stereocenters. The summed E-state index contributed by atoms with van der Waals surface area (Å²) in [7, 11) is 1.49. The van der Waals surface area contributed by atoms with Crippen LogP contribution < -0.4 is 21.2 Å². The number of carbonyl (C=O) groups excluding carboxylic acids is 1. The van der Waals surface area contributed by atoms with Gasteiger partial charge in [0.25, 0.3) is 0 Å². The maximum atomic E-state index is 12.5. The zero-order chi connectivity index (χ0) is 19.2. The Labute approximate surface area is 155 Å². The molecule has 0 radical (unpaired) electrons. The summed E-state index contributed by atoms with van der Waals surface area (Å²) in [5.74, 6) is 0.118. The van der Waals surface area contributed by atoms with Gasteiger partial charge in [-0.25, -0.2) is 0 Å². The van der Waals surface area contributed by atoms with E-state index in [1.807, 2.05) is 30.3 Å². The van der Waals surface area contributed by atoms with Gasteiger partial charge in [-0.15, -0.1) is 0 Å². The fourth-order valence-electron chi connectivity index (χ4n) is 2.66. The Hall–Kier alpha value is -3.61. The molecule has 0 unspecified atom stereocenters. The van der Waals surface area contributed by atoms with Crippen molar-refractivity contribution in [3.63, 3.8) is 0 Å². The van der Waals surface area contributed by atoms with Gasteiger partial charge in [0.15, 0.2) is 0 Å². The van der Waals surface area contributed by atoms with E-state index in [0.29, 0.717) is 18.0 Å². The lowest BCUT2D eigenvalue weighted by Crippen LogP contribution is -2.42. The van der Waals surface area contributed by atoms with Gasteiger partial charge in [0.05, 0.1) is 12.8 Å². The highest BCUT2D eigenvalue weighted by molar-refractivity contribution is 5.75. The highest BCUT2D eigenvalue weighted by Crippen LogP contribution is 2.19. The maximum absolute atomic E-state index is 12.5. The molecular formula is C20H19N3O4. The Morgan fingerprint density at radius 1 is 0.963 bits per heavy atom. The molecule has 0 saturated carbocycles. The number of hydrogen-bond acceptors (Lipinski definition) is 4. The second-order valence-corrected chi connectivity index (χ2v) is 5.84. The van der Waals surface area contributed by atoms with Gasteiger partial charge in [0.1, 0.15) is 12.3 Å². The van der Waals surface area contributed by atoms with Crippen LogP contribution in [-0.4, -0.2) is 22.2 Å². The minimum atomic E-state index is -0.779. The van der Waals surface area contributed by atoms with Gasteiger partial charge < -0.3 is 10.1 Å². The van der Waals surface area contributed by atoms with Crippen LogP contribution in [0.4, 0.5) is 0 Å². The predicted octanol–water partition coefficient (Wildman–Crippen LogP) is 1.32. The third kappa shape index (κ3) is 4.14. The molecule has 0 aliphatic rings. The van der Waals surface area contributed by atoms with Crippen LogP contribution in [0, 0.1) is 0 Å². The molecule has 2 aromatic carbocycles. The number of ether oxygens (including phenoxy) is 1. The van der Waals surface area contributed by atoms with Crippen molar-refractivity contribution in [2.45, 2.75) is 13.1 Å². The van der Waals surface area contributed by atoms with E-state index >= 15 is 0 Å². The Kier molecular flexibility index (Phi) is 5.51. The van der Waals surface area contributed by atoms with Crippen LogP contribution in [0.1, 0.15) is 5.56 Å². The molecule has 0 saturated heterocycles. The molecule has 7 nitrogen and oxygen atoms in total. The number of aromatic nitrogens is 2. The van der Waals surface area contributed by atoms with Gasteiger partial charge in [0.2, 0.25) is 5.91 Å². The fraction of sp³-hybridized carbons (Fsp3) is 0.150. The van der Waals surface area contributed by atoms with E-state index in [4.69, 9.17) is 4.74 Å². The van der Waals surface area contributed by atoms with Crippen molar-refractivity contribution in [2.75, 3.05) is 7.11 Å². The van der Waals surface area contributed by atoms with Crippen molar-refractivity contribution >= 4 is 5.91 Å². The van der Waals surface area contributed by atoms with Gasteiger partial charge in [0, 0.05) is 18.9 Å². The lowest BCUT2D eigenvalue weighted by molar-refractivity contribution is -0.121. The smallest absolute Gasteiger partial charge is 0.321 e. The van der Waals surface area contributed by atoms with Crippen LogP contribution in [-0.2, 0) is 17.9 Å². The molecule has 3 rings (SSSR count). The van der Waals surface area contributed by atoms with Crippen LogP contribution in [0.2, 0.25) is 0 Å². The molecule has 0 bridgehead atoms. The number of para-hydroxylation sites is 2. The SMILES string of the molecule is COc1ccccc1-n1ccn(CC(=O)NCc2ccccc2)c(=O)c1=O. The van der Waals surface area contributed by atoms with Crippen molar-refractivity contribution in [2.24, 2.45) is 0 Å². The Morgan fingerprint density at radius 2 is 1.67 bits per heavy atom. The Balaban J connectivity index is 1.78. The lowest BCUT2D eigenvalue weighted by atomic mass is 10.2. The third-order valence-corrected chi connectivity index (χ3v) is 4.05. The number of methoxy groups -OCH3 is 1. The van der Waals surface area contributed by atoms with Crippen molar-refractivity contribution in [3.05, 3.63) is 93.3 Å². The first-order valence-corrected chi connectivity index (χ1v) is 8.36. The first-order chi connectivity index (χ1) is 13.1. The molecule has 0 aliphatic carbocycles. The molecule has 7 heteroatoms. The van der Waals surface area contributed by atoms with Crippen molar-refractivity contribution < 1.29 is 9.53 Å². The zero-order valence-corrected chi connectivity index (χ0v) is 14.8. The number of carbonyl (C=O) groups is 1. The standard InChI is InChI=1S/C20H19N3O4/c1-27-17-10-6-5-9-16(17)23-12-11-22(19(25)20(23)26)14-18(24)21-13-15-7-3-2-4-8-15/h2-12H,13-14H2,1H3,(H,21,24). The number of nitrogens with one attached hydrogen (secondary N) is 1. The summed E-state index contributed by atoms with van der Waals surface area (Å²) in [5, 5.41) is 2.73. The van der Waals surface area contributed by atoms with E-state index in [0.717, 1.165) is 10.1 Å². The van der Waals surface area contributed by atoms with E-state index in [-0.39, 0.29) is 12.5 Å². The van der Waals surface area contributed by atoms with Gasteiger partial charge in [-0.2, -0.15) is 0 Å². The van der Waals surface area contributed by atoms with Crippen molar-refractivity contribution in [1.29, 1.82) is 0 Å². The molecule has 0 aliphatic heterocycles. The number of amides is 1. The summed E-state index contributed by atoms with van der Waals surface area (Å²) in [4.78, 5) is 36.9. The predicted molar refractivity (Wildman–Crippen MR) is 101 cm³/mol. The minimum absolute atomic E-state index is 0.229. The van der Waals surface area contributed by atoms with Crippen LogP contribution in [0.5, 0.6) is 5.75 Å². The number of hydrogen-bond donors (Lipinski definition) is 1. The molecule has 27 heavy (non-hydrogen) atoms. The van der Waals surface area contributed by atoms with Gasteiger partial charge in [-0.3, -0.25) is 23.5 Å². The second-order valence-electron chi connectivity index (χ2n) is 5.84. The molecule has 1 aromatic heterocycles. The highest BCUT2D eigenvalue weighted by Gasteiger charge is 2.12. The summed E-state index contributed by atoms with van der Waals surface area (Å²) in [6.45, 7) is 0.125. The number of nitrogens with zero attached hydrogens (tertiary/aromatic N) is 2. The molecule has 1 N–H and O–H groups in total. The van der Waals surface area contributed by atoms with E-state index in [1.165, 1.54) is 24.1 Å². The minimum Gasteiger partial charge on any atom is -0.495 e. The van der Waals surface area contributed by atoms with E-state index in [2.05, 4.69) is 5.32 Å². The molecular weight excluding hydrogens is 346 g/mol. The molecule has 0 fully saturated rings. The quantitative estimate of drug-likeness (QED) is 0.668. The monoisotopic (exact) mass is 365 g/mol. The topological polar surface area (TPSA) is 82.3 Å². The van der Waals surface area contributed by atoms with E-state index in [9.17, 15) is 14.4 Å². The normalized spacial score (nSPS) is 10.4. The number of rotatable bonds is 6. The molecule has 1 amide bonds. The molecule has 3 aromatic rings. The third-order valence-electron chi connectivity index (χ3n) is 4.05. The van der Waals surface area contributed by atoms with E-state index in [1.54, 1.807) is 24.3 Å². The maximum Gasteiger partial charge on any atom is 0.321 e. The molecule has 138 valence electrons. The van der Waals surface area contributed by atoms with Gasteiger partial charge >= 0.3 is 11.1 Å². The first-order valence-electron chi connectivity index (χ1n) is 8.36. The summed E-state index contributed by atoms with van der Waals surface area (Å²) >= 11 is 0. The Morgan fingerprint density at radius 3 is 2.41 bits per heavy atom. The average molecular weight is 365 g/mol. The number of benzene rings is 2. The second kappa shape index (κ2) is 8.18. The fourth-order valence-corrected chi connectivity index (χ4v) is 2.66. The summed E-state index contributed by atoms with van der Waals surface area (Å²) in [5.41, 5.74) is -0.122. The lowest BCUT2D eigenvalue weighted by Gasteiger charge is -2.12. The Bertz CT molecular complexity index is 1050. The largest absolute Gasteiger partial charge is 0.495 e. The average Bonchev–Trinajstić information content (AvgIpc) is 2.71. The van der Waals surface area contributed by atoms with Crippen LogP contribution >= 0.6 is 0 Å². The van der Waals surface area contributed by atoms with Crippen LogP contribution in [0.15, 0.2) is 76.6 Å². The zero-order valence-electron chi connectivity index (χ0n) is 14.8. The van der Waals surface area contributed by atoms with Crippen molar-refractivity contribution in [3.8, 4) is 11.4 Å². The highest BCUT2D eigenvalue weighted by atomic mass is 16.5. The first kappa shape index (κ1) is 18.2. The van der Waals surface area contributed by atoms with Crippen LogP contribution in [0.3, 0.4) is 0 Å². The van der Waals surface area contributed by atoms with Crippen molar-refractivity contribution in [1.82, 2.24) is 14.5 Å². The summed E-state index contributed by atoms with van der Waals surface area (Å²) in [6.07, 6.45) is 2.87. The van der Waals surface area contributed by atoms with Crippen LogP contribution in [0.25, 0.3) is 5.69 Å².